The summed E-state index contributed by atoms with van der Waals surface area (Å²) in [5.41, 5.74) is 1.26. The molecule has 3 rings (SSSR count). The first-order chi connectivity index (χ1) is 14.4. The van der Waals surface area contributed by atoms with Gasteiger partial charge in [-0.25, -0.2) is 0 Å². The van der Waals surface area contributed by atoms with Gasteiger partial charge >= 0.3 is 0 Å². The zero-order valence-corrected chi connectivity index (χ0v) is 17.5. The Labute approximate surface area is 176 Å². The maximum Gasteiger partial charge on any atom is 0.295 e. The van der Waals surface area contributed by atoms with E-state index >= 15 is 0 Å². The van der Waals surface area contributed by atoms with Gasteiger partial charge in [-0.2, -0.15) is 0 Å². The molecule has 1 aromatic heterocycles. The highest BCUT2D eigenvalue weighted by molar-refractivity contribution is 6.46. The van der Waals surface area contributed by atoms with Gasteiger partial charge in [-0.05, 0) is 63.8 Å². The Hall–Kier alpha value is -3.19. The van der Waals surface area contributed by atoms with Gasteiger partial charge < -0.3 is 19.6 Å². The van der Waals surface area contributed by atoms with Crippen molar-refractivity contribution in [3.8, 4) is 5.75 Å². The van der Waals surface area contributed by atoms with E-state index in [9.17, 15) is 14.7 Å². The molecule has 1 fully saturated rings. The van der Waals surface area contributed by atoms with Crippen LogP contribution in [0.3, 0.4) is 0 Å². The van der Waals surface area contributed by atoms with Crippen LogP contribution in [0.15, 0.2) is 54.4 Å². The van der Waals surface area contributed by atoms with Gasteiger partial charge in [0.2, 0.25) is 0 Å². The molecule has 0 aliphatic carbocycles. The number of Topliss-reactive ketones (excluding diaryl/α,β-unsaturated/α-hetero) is 1. The highest BCUT2D eigenvalue weighted by Gasteiger charge is 2.45. The molecular formula is C23H27N3O4. The number of benzene rings is 1. The van der Waals surface area contributed by atoms with Crippen molar-refractivity contribution < 1.29 is 19.4 Å². The third kappa shape index (κ3) is 4.52. The summed E-state index contributed by atoms with van der Waals surface area (Å²) in [4.78, 5) is 33.4. The SMILES string of the molecule is CCOc1cccc(C(O)=C2C(=O)C(=O)N(CCCN(C)C)[C@@H]2c2ccncc2)c1. The number of aliphatic hydroxyl groups excluding tert-OH is 1. The normalized spacial score (nSPS) is 18.3. The average molecular weight is 409 g/mol. The van der Waals surface area contributed by atoms with Crippen molar-refractivity contribution in [1.29, 1.82) is 0 Å². The number of carbonyl (C=O) groups excluding carboxylic acids is 2. The fourth-order valence-electron chi connectivity index (χ4n) is 3.62. The molecule has 0 bridgehead atoms. The Kier molecular flexibility index (Phi) is 6.84. The molecule has 1 aliphatic heterocycles. The molecule has 1 saturated heterocycles. The maximum absolute atomic E-state index is 13.0. The molecule has 0 radical (unpaired) electrons. The van der Waals surface area contributed by atoms with Crippen LogP contribution in [-0.4, -0.2) is 65.4 Å². The minimum Gasteiger partial charge on any atom is -0.507 e. The predicted molar refractivity (Wildman–Crippen MR) is 114 cm³/mol. The van der Waals surface area contributed by atoms with Gasteiger partial charge in [-0.3, -0.25) is 14.6 Å². The summed E-state index contributed by atoms with van der Waals surface area (Å²) in [7, 11) is 3.92. The zero-order valence-electron chi connectivity index (χ0n) is 17.5. The lowest BCUT2D eigenvalue weighted by Gasteiger charge is -2.25. The fraction of sp³-hybridized carbons (Fsp3) is 0.348. The van der Waals surface area contributed by atoms with E-state index < -0.39 is 17.7 Å². The van der Waals surface area contributed by atoms with E-state index in [0.717, 1.165) is 12.1 Å². The van der Waals surface area contributed by atoms with Crippen LogP contribution in [0.5, 0.6) is 5.75 Å². The van der Waals surface area contributed by atoms with E-state index in [0.29, 0.717) is 30.9 Å². The number of aliphatic hydroxyl groups is 1. The zero-order chi connectivity index (χ0) is 21.7. The molecule has 7 nitrogen and oxygen atoms in total. The Morgan fingerprint density at radius 1 is 1.20 bits per heavy atom. The van der Waals surface area contributed by atoms with Crippen LogP contribution in [0, 0.1) is 0 Å². The molecule has 0 saturated carbocycles. The summed E-state index contributed by atoms with van der Waals surface area (Å²) < 4.78 is 5.51. The standard InChI is InChI=1S/C23H27N3O4/c1-4-30-18-8-5-7-17(15-18)21(27)19-20(16-9-11-24-12-10-16)26(23(29)22(19)28)14-6-13-25(2)3/h5,7-12,15,20,27H,4,6,13-14H2,1-3H3/t20-/m1/s1. The summed E-state index contributed by atoms with van der Waals surface area (Å²) in [6.07, 6.45) is 3.94. The minimum atomic E-state index is -0.680. The molecule has 1 N–H and O–H groups in total. The summed E-state index contributed by atoms with van der Waals surface area (Å²) in [5, 5.41) is 11.1. The Bertz CT molecular complexity index is 940. The monoisotopic (exact) mass is 409 g/mol. The second-order valence-corrected chi connectivity index (χ2v) is 7.39. The fourth-order valence-corrected chi connectivity index (χ4v) is 3.62. The molecule has 1 aromatic carbocycles. The molecule has 0 spiro atoms. The largest absolute Gasteiger partial charge is 0.507 e. The van der Waals surface area contributed by atoms with Gasteiger partial charge in [0.05, 0.1) is 18.2 Å². The number of aromatic nitrogens is 1. The number of rotatable bonds is 8. The average Bonchev–Trinajstić information content (AvgIpc) is 2.99. The van der Waals surface area contributed by atoms with Gasteiger partial charge in [0.15, 0.2) is 0 Å². The number of ketones is 1. The van der Waals surface area contributed by atoms with Crippen LogP contribution in [0.2, 0.25) is 0 Å². The van der Waals surface area contributed by atoms with Crippen molar-refractivity contribution >= 4 is 17.4 Å². The quantitative estimate of drug-likeness (QED) is 0.410. The number of amides is 1. The lowest BCUT2D eigenvalue weighted by atomic mass is 9.96. The van der Waals surface area contributed by atoms with Crippen LogP contribution in [0.1, 0.15) is 30.5 Å². The first-order valence-electron chi connectivity index (χ1n) is 10.00. The van der Waals surface area contributed by atoms with Gasteiger partial charge in [0, 0.05) is 24.5 Å². The first-order valence-corrected chi connectivity index (χ1v) is 10.00. The number of carbonyl (C=O) groups is 2. The summed E-state index contributed by atoms with van der Waals surface area (Å²) in [6.45, 7) is 3.54. The second-order valence-electron chi connectivity index (χ2n) is 7.39. The van der Waals surface area contributed by atoms with Gasteiger partial charge in [-0.15, -0.1) is 0 Å². The highest BCUT2D eigenvalue weighted by Crippen LogP contribution is 2.39. The van der Waals surface area contributed by atoms with E-state index in [1.165, 1.54) is 0 Å². The van der Waals surface area contributed by atoms with Crippen molar-refractivity contribution in [2.24, 2.45) is 0 Å². The molecule has 0 unspecified atom stereocenters. The molecule has 7 heteroatoms. The predicted octanol–water partition coefficient (Wildman–Crippen LogP) is 2.85. The lowest BCUT2D eigenvalue weighted by molar-refractivity contribution is -0.139. The number of pyridine rings is 1. The Morgan fingerprint density at radius 3 is 2.60 bits per heavy atom. The highest BCUT2D eigenvalue weighted by atomic mass is 16.5. The number of hydrogen-bond donors (Lipinski definition) is 1. The number of likely N-dealkylation sites (tertiary alicyclic amines) is 1. The van der Waals surface area contributed by atoms with Gasteiger partial charge in [0.25, 0.3) is 11.7 Å². The van der Waals surface area contributed by atoms with Crippen LogP contribution < -0.4 is 4.74 Å². The summed E-state index contributed by atoms with van der Waals surface area (Å²) >= 11 is 0. The molecule has 2 heterocycles. The maximum atomic E-state index is 13.0. The van der Waals surface area contributed by atoms with Crippen LogP contribution in [0.25, 0.3) is 5.76 Å². The van der Waals surface area contributed by atoms with Crippen molar-refractivity contribution in [3.63, 3.8) is 0 Å². The van der Waals surface area contributed by atoms with Crippen LogP contribution in [-0.2, 0) is 9.59 Å². The van der Waals surface area contributed by atoms with E-state index in [1.807, 2.05) is 25.9 Å². The summed E-state index contributed by atoms with van der Waals surface area (Å²) in [6, 6.07) is 9.75. The van der Waals surface area contributed by atoms with Crippen molar-refractivity contribution in [1.82, 2.24) is 14.8 Å². The molecule has 1 atom stereocenters. The second kappa shape index (κ2) is 9.54. The Balaban J connectivity index is 2.06. The molecule has 1 amide bonds. The molecule has 158 valence electrons. The third-order valence-corrected chi connectivity index (χ3v) is 4.98. The molecular weight excluding hydrogens is 382 g/mol. The molecule has 30 heavy (non-hydrogen) atoms. The van der Waals surface area contributed by atoms with Crippen LogP contribution in [0.4, 0.5) is 0 Å². The van der Waals surface area contributed by atoms with E-state index in [-0.39, 0.29) is 11.3 Å². The van der Waals surface area contributed by atoms with E-state index in [1.54, 1.807) is 53.7 Å². The van der Waals surface area contributed by atoms with Crippen molar-refractivity contribution in [2.45, 2.75) is 19.4 Å². The summed E-state index contributed by atoms with van der Waals surface area (Å²) in [5.74, 6) is -0.895. The molecule has 2 aromatic rings. The molecule has 1 aliphatic rings. The van der Waals surface area contributed by atoms with Gasteiger partial charge in [0.1, 0.15) is 11.5 Å². The third-order valence-electron chi connectivity index (χ3n) is 4.98. The van der Waals surface area contributed by atoms with E-state index in [4.69, 9.17) is 4.74 Å². The first kappa shape index (κ1) is 21.5. The smallest absolute Gasteiger partial charge is 0.295 e. The number of ether oxygens (including phenoxy) is 1. The van der Waals surface area contributed by atoms with Gasteiger partial charge in [-0.1, -0.05) is 12.1 Å². The van der Waals surface area contributed by atoms with Crippen molar-refractivity contribution in [2.75, 3.05) is 33.8 Å². The van der Waals surface area contributed by atoms with Crippen molar-refractivity contribution in [3.05, 3.63) is 65.5 Å². The minimum absolute atomic E-state index is 0.0877. The number of nitrogens with zero attached hydrogens (tertiary/aromatic N) is 3. The topological polar surface area (TPSA) is 83.0 Å². The van der Waals surface area contributed by atoms with E-state index in [2.05, 4.69) is 4.98 Å². The lowest BCUT2D eigenvalue weighted by Crippen LogP contribution is -2.32. The Morgan fingerprint density at radius 2 is 1.93 bits per heavy atom. The number of hydrogen-bond acceptors (Lipinski definition) is 6. The van der Waals surface area contributed by atoms with Crippen LogP contribution >= 0.6 is 0 Å².